The van der Waals surface area contributed by atoms with E-state index in [2.05, 4.69) is 47.1 Å². The number of carboxylic acids is 2. The predicted molar refractivity (Wildman–Crippen MR) is 274 cm³/mol. The van der Waals surface area contributed by atoms with Crippen LogP contribution >= 0.6 is 55.1 Å². The minimum absolute atomic E-state index is 0. The van der Waals surface area contributed by atoms with E-state index >= 15 is 0 Å². The Balaban J connectivity index is 0.000000211. The van der Waals surface area contributed by atoms with E-state index in [0.29, 0.717) is 38.7 Å². The van der Waals surface area contributed by atoms with E-state index < -0.39 is 17.8 Å². The van der Waals surface area contributed by atoms with E-state index in [0.717, 1.165) is 69.6 Å². The first kappa shape index (κ1) is 55.7. The summed E-state index contributed by atoms with van der Waals surface area (Å²) < 4.78 is 31.5. The highest BCUT2D eigenvalue weighted by molar-refractivity contribution is 9.10. The average molecular weight is 1120 g/mol. The summed E-state index contributed by atoms with van der Waals surface area (Å²) >= 11 is 18.5. The van der Waals surface area contributed by atoms with Gasteiger partial charge in [0.05, 0.1) is 46.5 Å². The van der Waals surface area contributed by atoms with Crippen molar-refractivity contribution in [1.29, 1.82) is 0 Å². The number of rotatable bonds is 8. The molecular weight excluding hydrogens is 1080 g/mol. The number of nitrogens with zero attached hydrogens (tertiary/aromatic N) is 1. The Kier molecular flexibility index (Phi) is 21.8. The highest BCUT2D eigenvalue weighted by Gasteiger charge is 2.26. The summed E-state index contributed by atoms with van der Waals surface area (Å²) in [6.45, 7) is 4.55. The van der Waals surface area contributed by atoms with E-state index in [9.17, 15) is 18.8 Å². The molecule has 3 radical (unpaired) electrons. The first-order valence-corrected chi connectivity index (χ1v) is 24.0. The Morgan fingerprint density at radius 1 is 0.771 bits per heavy atom. The predicted octanol–water partition coefficient (Wildman–Crippen LogP) is 11.2. The maximum absolute atomic E-state index is 14.5. The monoisotopic (exact) mass is 1120 g/mol. The van der Waals surface area contributed by atoms with Gasteiger partial charge in [-0.15, -0.1) is 0 Å². The zero-order valence-electron chi connectivity index (χ0n) is 37.5. The number of aliphatic hydroxyl groups is 2. The number of H-pyrrole nitrogens is 1. The summed E-state index contributed by atoms with van der Waals surface area (Å²) in [7, 11) is 0. The van der Waals surface area contributed by atoms with Gasteiger partial charge in [-0.25, -0.2) is 14.0 Å². The van der Waals surface area contributed by atoms with Gasteiger partial charge in [-0.3, -0.25) is 9.78 Å². The molecule has 0 saturated carbocycles. The van der Waals surface area contributed by atoms with E-state index in [1.54, 1.807) is 42.7 Å². The number of halogens is 5. The Morgan fingerprint density at radius 3 is 2.07 bits per heavy atom. The van der Waals surface area contributed by atoms with Crippen LogP contribution in [0.1, 0.15) is 96.2 Å². The van der Waals surface area contributed by atoms with Gasteiger partial charge >= 0.3 is 11.9 Å². The van der Waals surface area contributed by atoms with Crippen LogP contribution < -0.4 is 5.32 Å². The molecule has 2 fully saturated rings. The van der Waals surface area contributed by atoms with Gasteiger partial charge in [-0.05, 0) is 136 Å². The SMILES string of the molecule is C1CCOC1.C1CCOC1.O=C(NCc1cc2c(Cl)c[nH]c2cc1F)c1ccc2c(c1)C(c1ccc3ncc(Cl)cc3c1)OC2.O=C(O)c1ccc(C(=O)O)c(Br)c1.OCc1ccc(CO)c(Br)c1.[B]. The number of carboxylic acid groups (broad SMARTS) is 2. The van der Waals surface area contributed by atoms with Gasteiger partial charge in [0, 0.05) is 90.1 Å². The van der Waals surface area contributed by atoms with Crippen LogP contribution in [0.2, 0.25) is 10.0 Å². The number of hydrogen-bond donors (Lipinski definition) is 6. The molecular formula is C51H48BBr2Cl2FN3O10. The van der Waals surface area contributed by atoms with E-state index in [4.69, 9.17) is 57.8 Å². The van der Waals surface area contributed by atoms with Crippen molar-refractivity contribution in [2.45, 2.75) is 58.2 Å². The number of hydrogen-bond acceptors (Lipinski definition) is 9. The minimum Gasteiger partial charge on any atom is -0.478 e. The number of aromatic carboxylic acids is 2. The lowest BCUT2D eigenvalue weighted by Gasteiger charge is -2.14. The number of nitrogens with one attached hydrogen (secondary N) is 2. The zero-order chi connectivity index (χ0) is 49.5. The number of benzene rings is 5. The maximum Gasteiger partial charge on any atom is 0.336 e. The number of amides is 1. The lowest BCUT2D eigenvalue weighted by atomic mass is 9.96. The van der Waals surface area contributed by atoms with Crippen molar-refractivity contribution in [3.8, 4) is 0 Å². The third kappa shape index (κ3) is 15.4. The number of aliphatic hydroxyl groups excluding tert-OH is 2. The van der Waals surface area contributed by atoms with Crippen molar-refractivity contribution in [3.05, 3.63) is 178 Å². The molecule has 2 aromatic heterocycles. The van der Waals surface area contributed by atoms with Crippen LogP contribution in [0.15, 0.2) is 112 Å². The van der Waals surface area contributed by atoms with Gasteiger partial charge in [0.1, 0.15) is 11.9 Å². The van der Waals surface area contributed by atoms with Crippen LogP contribution in [-0.2, 0) is 40.6 Å². The average Bonchev–Trinajstić information content (AvgIpc) is 4.22. The molecule has 1 atom stereocenters. The standard InChI is InChI=1S/C27H18Cl2FN3O2.C8H5BrO4.C8H9BrO2.2C4H8O.B/c28-19-6-17-5-14(3-4-24(17)31-11-19)26-20-7-15(1-2-16(20)13-35-26)27(34)33-10-18-8-21-22(29)12-32-25(21)9-23(18)30;9-6-3-4(7(10)11)1-2-5(6)8(12)13;9-8-3-6(4-10)1-2-7(8)5-11;2*1-2-4-5-3-1;/h1-9,11-12,26,32H,10,13H2,(H,33,34);1-3H,(H,10,11)(H,12,13);1-3,10-11H,4-5H2;2*1-4H2;. The third-order valence-corrected chi connectivity index (χ3v) is 12.8. The van der Waals surface area contributed by atoms with Crippen LogP contribution in [0.4, 0.5) is 4.39 Å². The molecule has 13 nitrogen and oxygen atoms in total. The molecule has 19 heteroatoms. The van der Waals surface area contributed by atoms with E-state index in [1.165, 1.54) is 49.9 Å². The molecule has 0 spiro atoms. The minimum atomic E-state index is -1.09. The lowest BCUT2D eigenvalue weighted by Crippen LogP contribution is -2.23. The second-order valence-electron chi connectivity index (χ2n) is 15.7. The van der Waals surface area contributed by atoms with Gasteiger partial charge in [-0.2, -0.15) is 0 Å². The molecule has 2 saturated heterocycles. The van der Waals surface area contributed by atoms with Gasteiger partial charge in [0.2, 0.25) is 0 Å². The molecule has 70 heavy (non-hydrogen) atoms. The van der Waals surface area contributed by atoms with E-state index in [-0.39, 0.29) is 55.8 Å². The Labute approximate surface area is 432 Å². The van der Waals surface area contributed by atoms with Crippen LogP contribution in [-0.4, -0.2) is 83.1 Å². The van der Waals surface area contributed by atoms with Crippen molar-refractivity contribution in [2.24, 2.45) is 0 Å². The number of carbonyl (C=O) groups is 3. The Hall–Kier alpha value is -5.21. The Bertz CT molecular complexity index is 2890. The number of pyridine rings is 1. The summed E-state index contributed by atoms with van der Waals surface area (Å²) in [5.74, 6) is -2.89. The fraction of sp³-hybridized carbons (Fsp3) is 0.255. The molecule has 6 N–H and O–H groups in total. The lowest BCUT2D eigenvalue weighted by molar-refractivity contribution is 0.0680. The van der Waals surface area contributed by atoms with Crippen LogP contribution in [0.25, 0.3) is 21.8 Å². The summed E-state index contributed by atoms with van der Waals surface area (Å²) in [6, 6.07) is 25.4. The summed E-state index contributed by atoms with van der Waals surface area (Å²) in [5.41, 5.74) is 6.97. The quantitative estimate of drug-likeness (QED) is 0.0791. The van der Waals surface area contributed by atoms with Gasteiger partial charge in [0.25, 0.3) is 5.91 Å². The normalized spacial score (nSPS) is 14.3. The topological polar surface area (TPSA) is 201 Å². The largest absolute Gasteiger partial charge is 0.478 e. The number of aromatic nitrogens is 2. The molecule has 5 heterocycles. The molecule has 10 rings (SSSR count). The zero-order valence-corrected chi connectivity index (χ0v) is 42.2. The smallest absolute Gasteiger partial charge is 0.336 e. The number of fused-ring (bicyclic) bond motifs is 3. The highest BCUT2D eigenvalue weighted by atomic mass is 79.9. The number of ether oxygens (including phenoxy) is 3. The molecule has 5 aromatic carbocycles. The number of aromatic amines is 1. The fourth-order valence-electron chi connectivity index (χ4n) is 7.16. The summed E-state index contributed by atoms with van der Waals surface area (Å²) in [4.78, 5) is 41.2. The van der Waals surface area contributed by atoms with E-state index in [1.807, 2.05) is 36.4 Å². The van der Waals surface area contributed by atoms with Crippen molar-refractivity contribution in [2.75, 3.05) is 26.4 Å². The molecule has 3 aliphatic heterocycles. The molecule has 0 bridgehead atoms. The van der Waals surface area contributed by atoms with Crippen LogP contribution in [0, 0.1) is 5.82 Å². The Morgan fingerprint density at radius 2 is 1.47 bits per heavy atom. The van der Waals surface area contributed by atoms with Gasteiger partial charge in [0.15, 0.2) is 0 Å². The third-order valence-electron chi connectivity index (χ3n) is 10.9. The van der Waals surface area contributed by atoms with Crippen LogP contribution in [0.5, 0.6) is 0 Å². The number of carbonyl (C=O) groups excluding carboxylic acids is 1. The van der Waals surface area contributed by atoms with Crippen LogP contribution in [0.3, 0.4) is 0 Å². The summed E-state index contributed by atoms with van der Waals surface area (Å²) in [5, 5.41) is 40.2. The van der Waals surface area contributed by atoms with Crippen molar-refractivity contribution >= 4 is 103 Å². The molecule has 3 aliphatic rings. The molecule has 1 unspecified atom stereocenters. The molecule has 0 aliphatic carbocycles. The van der Waals surface area contributed by atoms with Gasteiger partial charge < -0.3 is 44.9 Å². The molecule has 365 valence electrons. The van der Waals surface area contributed by atoms with Crippen molar-refractivity contribution in [3.63, 3.8) is 0 Å². The maximum atomic E-state index is 14.5. The van der Waals surface area contributed by atoms with Crippen molar-refractivity contribution in [1.82, 2.24) is 15.3 Å². The first-order valence-electron chi connectivity index (χ1n) is 21.7. The van der Waals surface area contributed by atoms with Gasteiger partial charge in [-0.1, -0.05) is 63.4 Å². The second kappa shape index (κ2) is 27.4. The molecule has 7 aromatic rings. The second-order valence-corrected chi connectivity index (χ2v) is 18.3. The fourth-order valence-corrected chi connectivity index (χ4v) is 8.64. The van der Waals surface area contributed by atoms with Crippen molar-refractivity contribution < 1.29 is 53.4 Å². The molecule has 1 amide bonds. The first-order chi connectivity index (χ1) is 33.3. The summed E-state index contributed by atoms with van der Waals surface area (Å²) in [6.07, 6.45) is 8.03. The highest BCUT2D eigenvalue weighted by Crippen LogP contribution is 2.37.